The van der Waals surface area contributed by atoms with E-state index < -0.39 is 6.36 Å². The minimum Gasteiger partial charge on any atom is -0.406 e. The normalized spacial score (nSPS) is 12.0. The number of halogens is 4. The van der Waals surface area contributed by atoms with Gasteiger partial charge in [-0.05, 0) is 58.6 Å². The van der Waals surface area contributed by atoms with Crippen molar-refractivity contribution >= 4 is 15.9 Å². The van der Waals surface area contributed by atoms with Crippen molar-refractivity contribution in [2.75, 3.05) is 0 Å². The van der Waals surface area contributed by atoms with Gasteiger partial charge in [0.15, 0.2) is 0 Å². The van der Waals surface area contributed by atoms with Gasteiger partial charge in [0, 0.05) is 5.69 Å². The molecule has 0 saturated carbocycles. The molecule has 1 aromatic carbocycles. The Balaban J connectivity index is 2.26. The Hall–Kier alpha value is -1.50. The van der Waals surface area contributed by atoms with Gasteiger partial charge in [0.05, 0.1) is 5.69 Å². The van der Waals surface area contributed by atoms with Crippen LogP contribution in [0.3, 0.4) is 0 Å². The van der Waals surface area contributed by atoms with Crippen molar-refractivity contribution in [3.63, 3.8) is 0 Å². The number of alkyl halides is 3. The third-order valence-corrected chi connectivity index (χ3v) is 3.07. The van der Waals surface area contributed by atoms with Crippen molar-refractivity contribution < 1.29 is 17.9 Å². The van der Waals surface area contributed by atoms with Crippen molar-refractivity contribution in [1.82, 2.24) is 9.78 Å². The zero-order chi connectivity index (χ0) is 15.6. The number of benzene rings is 1. The first-order valence-corrected chi connectivity index (χ1v) is 7.14. The van der Waals surface area contributed by atoms with Crippen molar-refractivity contribution in [2.45, 2.75) is 26.6 Å². The minimum atomic E-state index is -4.68. The molecule has 7 heteroatoms. The molecule has 0 saturated heterocycles. The van der Waals surface area contributed by atoms with Crippen molar-refractivity contribution in [3.8, 4) is 11.4 Å². The number of rotatable bonds is 4. The van der Waals surface area contributed by atoms with Crippen LogP contribution in [0.2, 0.25) is 0 Å². The molecule has 1 heterocycles. The van der Waals surface area contributed by atoms with Gasteiger partial charge in [0.1, 0.15) is 10.4 Å². The second kappa shape index (κ2) is 6.09. The highest BCUT2D eigenvalue weighted by molar-refractivity contribution is 9.10. The molecular weight excluding hydrogens is 349 g/mol. The summed E-state index contributed by atoms with van der Waals surface area (Å²) in [5.74, 6) is 0.197. The lowest BCUT2D eigenvalue weighted by molar-refractivity contribution is -0.274. The van der Waals surface area contributed by atoms with Gasteiger partial charge in [-0.3, -0.25) is 0 Å². The van der Waals surface area contributed by atoms with E-state index in [2.05, 4.69) is 39.6 Å². The van der Waals surface area contributed by atoms with Gasteiger partial charge in [0.2, 0.25) is 0 Å². The fourth-order valence-electron chi connectivity index (χ4n) is 1.96. The summed E-state index contributed by atoms with van der Waals surface area (Å²) >= 11 is 3.32. The van der Waals surface area contributed by atoms with Gasteiger partial charge in [-0.25, -0.2) is 4.68 Å². The maximum Gasteiger partial charge on any atom is 0.573 e. The Morgan fingerprint density at radius 1 is 1.24 bits per heavy atom. The lowest BCUT2D eigenvalue weighted by Gasteiger charge is -2.11. The molecule has 0 aliphatic rings. The van der Waals surface area contributed by atoms with E-state index in [-0.39, 0.29) is 5.75 Å². The van der Waals surface area contributed by atoms with E-state index in [1.54, 1.807) is 16.8 Å². The number of hydrogen-bond acceptors (Lipinski definition) is 2. The lowest BCUT2D eigenvalue weighted by Crippen LogP contribution is -2.17. The van der Waals surface area contributed by atoms with Crippen LogP contribution in [0.4, 0.5) is 13.2 Å². The summed E-state index contributed by atoms with van der Waals surface area (Å²) in [7, 11) is 0. The van der Waals surface area contributed by atoms with Gasteiger partial charge in [-0.1, -0.05) is 13.8 Å². The highest BCUT2D eigenvalue weighted by Gasteiger charge is 2.31. The van der Waals surface area contributed by atoms with Crippen molar-refractivity contribution in [1.29, 1.82) is 0 Å². The molecule has 0 N–H and O–H groups in total. The van der Waals surface area contributed by atoms with E-state index in [9.17, 15) is 13.2 Å². The standard InChI is InChI=1S/C14H14BrF3N2O/c1-9(2)7-11-8-13(15)19-20(11)10-3-5-12(6-4-10)21-14(16,17)18/h3-6,8-9H,7H2,1-2H3. The summed E-state index contributed by atoms with van der Waals surface area (Å²) in [6.45, 7) is 4.18. The summed E-state index contributed by atoms with van der Waals surface area (Å²) in [6.07, 6.45) is -3.86. The maximum atomic E-state index is 12.1. The van der Waals surface area contributed by atoms with Crippen LogP contribution in [0.1, 0.15) is 19.5 Å². The molecule has 0 aliphatic heterocycles. The molecule has 0 fully saturated rings. The first-order chi connectivity index (χ1) is 9.74. The van der Waals surface area contributed by atoms with E-state index >= 15 is 0 Å². The first-order valence-electron chi connectivity index (χ1n) is 6.35. The molecule has 114 valence electrons. The van der Waals surface area contributed by atoms with Crippen LogP contribution in [0.5, 0.6) is 5.75 Å². The Bertz CT molecular complexity index is 606. The molecule has 21 heavy (non-hydrogen) atoms. The largest absolute Gasteiger partial charge is 0.573 e. The van der Waals surface area contributed by atoms with E-state index in [0.717, 1.165) is 12.1 Å². The molecule has 1 aromatic heterocycles. The second-order valence-corrected chi connectivity index (χ2v) is 5.82. The fourth-order valence-corrected chi connectivity index (χ4v) is 2.39. The van der Waals surface area contributed by atoms with Crippen LogP contribution in [0, 0.1) is 5.92 Å². The zero-order valence-electron chi connectivity index (χ0n) is 11.5. The van der Waals surface area contributed by atoms with Gasteiger partial charge in [-0.2, -0.15) is 5.10 Å². The third kappa shape index (κ3) is 4.49. The summed E-state index contributed by atoms with van der Waals surface area (Å²) in [4.78, 5) is 0. The average Bonchev–Trinajstić information content (AvgIpc) is 2.68. The van der Waals surface area contributed by atoms with E-state index in [0.29, 0.717) is 16.2 Å². The predicted octanol–water partition coefficient (Wildman–Crippen LogP) is 4.73. The molecule has 2 rings (SSSR count). The number of ether oxygens (including phenoxy) is 1. The molecule has 0 spiro atoms. The molecule has 0 bridgehead atoms. The SMILES string of the molecule is CC(C)Cc1cc(Br)nn1-c1ccc(OC(F)(F)F)cc1. The van der Waals surface area contributed by atoms with Crippen LogP contribution in [-0.2, 0) is 6.42 Å². The van der Waals surface area contributed by atoms with Crippen LogP contribution in [-0.4, -0.2) is 16.1 Å². The quantitative estimate of drug-likeness (QED) is 0.785. The minimum absolute atomic E-state index is 0.247. The molecule has 0 aliphatic carbocycles. The van der Waals surface area contributed by atoms with Crippen molar-refractivity contribution in [2.24, 2.45) is 5.92 Å². The van der Waals surface area contributed by atoms with Crippen LogP contribution in [0.15, 0.2) is 34.9 Å². The highest BCUT2D eigenvalue weighted by Crippen LogP contribution is 2.25. The maximum absolute atomic E-state index is 12.1. The van der Waals surface area contributed by atoms with E-state index in [1.807, 2.05) is 6.07 Å². The van der Waals surface area contributed by atoms with Crippen LogP contribution in [0.25, 0.3) is 5.69 Å². The van der Waals surface area contributed by atoms with Gasteiger partial charge in [0.25, 0.3) is 0 Å². The van der Waals surface area contributed by atoms with E-state index in [1.165, 1.54) is 12.1 Å². The van der Waals surface area contributed by atoms with Gasteiger partial charge < -0.3 is 4.74 Å². The Kier molecular flexibility index (Phi) is 4.61. The van der Waals surface area contributed by atoms with Gasteiger partial charge >= 0.3 is 6.36 Å². The summed E-state index contributed by atoms with van der Waals surface area (Å²) < 4.78 is 42.6. The van der Waals surface area contributed by atoms with Crippen LogP contribution >= 0.6 is 15.9 Å². The van der Waals surface area contributed by atoms with E-state index in [4.69, 9.17) is 0 Å². The lowest BCUT2D eigenvalue weighted by atomic mass is 10.1. The molecule has 0 unspecified atom stereocenters. The van der Waals surface area contributed by atoms with Crippen molar-refractivity contribution in [3.05, 3.63) is 40.6 Å². The summed E-state index contributed by atoms with van der Waals surface area (Å²) in [6, 6.07) is 7.55. The fraction of sp³-hybridized carbons (Fsp3) is 0.357. The highest BCUT2D eigenvalue weighted by atomic mass is 79.9. The molecular formula is C14H14BrF3N2O. The number of aromatic nitrogens is 2. The zero-order valence-corrected chi connectivity index (χ0v) is 13.1. The monoisotopic (exact) mass is 362 g/mol. The van der Waals surface area contributed by atoms with Gasteiger partial charge in [-0.15, -0.1) is 13.2 Å². The first kappa shape index (κ1) is 15.9. The Morgan fingerprint density at radius 2 is 1.86 bits per heavy atom. The van der Waals surface area contributed by atoms with Crippen LogP contribution < -0.4 is 4.74 Å². The molecule has 2 aromatic rings. The summed E-state index contributed by atoms with van der Waals surface area (Å²) in [5.41, 5.74) is 1.67. The number of hydrogen-bond donors (Lipinski definition) is 0. The molecule has 0 radical (unpaired) electrons. The third-order valence-electron chi connectivity index (χ3n) is 2.69. The second-order valence-electron chi connectivity index (χ2n) is 5.01. The predicted molar refractivity (Wildman–Crippen MR) is 76.5 cm³/mol. The molecule has 0 atom stereocenters. The Labute approximate surface area is 128 Å². The molecule has 0 amide bonds. The topological polar surface area (TPSA) is 27.1 Å². The molecule has 3 nitrogen and oxygen atoms in total. The average molecular weight is 363 g/mol. The smallest absolute Gasteiger partial charge is 0.406 e. The summed E-state index contributed by atoms with van der Waals surface area (Å²) in [5, 5.41) is 4.31. The Morgan fingerprint density at radius 3 is 2.38 bits per heavy atom. The number of nitrogens with zero attached hydrogens (tertiary/aromatic N) is 2.